The zero-order valence-electron chi connectivity index (χ0n) is 9.48. The van der Waals surface area contributed by atoms with Gasteiger partial charge in [0, 0.05) is 6.04 Å². The molecule has 0 spiro atoms. The molecule has 106 valence electrons. The number of hydrogen-bond donors (Lipinski definition) is 3. The molecule has 1 rings (SSSR count). The number of aliphatic carboxylic acids is 2. The second-order valence-electron chi connectivity index (χ2n) is 3.74. The summed E-state index contributed by atoms with van der Waals surface area (Å²) in [4.78, 5) is 19.3. The third kappa shape index (κ3) is 5.82. The molecule has 9 heteroatoms. The second-order valence-corrected chi connectivity index (χ2v) is 3.74. The third-order valence-electron chi connectivity index (χ3n) is 2.16. The van der Waals surface area contributed by atoms with Gasteiger partial charge < -0.3 is 20.7 Å². The molecule has 0 bridgehead atoms. The minimum Gasteiger partial charge on any atom is -0.479 e. The van der Waals surface area contributed by atoms with Gasteiger partial charge in [0.15, 0.2) is 6.10 Å². The number of hydrogen-bond acceptors (Lipinski definition) is 4. The lowest BCUT2D eigenvalue weighted by Gasteiger charge is -2.13. The molecule has 0 aromatic carbocycles. The summed E-state index contributed by atoms with van der Waals surface area (Å²) >= 11 is 0. The van der Waals surface area contributed by atoms with Crippen LogP contribution in [0.15, 0.2) is 0 Å². The fraction of sp³-hybridized carbons (Fsp3) is 0.778. The molecule has 6 nitrogen and oxygen atoms in total. The number of ether oxygens (including phenoxy) is 1. The zero-order valence-corrected chi connectivity index (χ0v) is 9.48. The molecule has 4 N–H and O–H groups in total. The molecule has 0 amide bonds. The van der Waals surface area contributed by atoms with Gasteiger partial charge in [0.1, 0.15) is 0 Å². The Hall–Kier alpha value is -1.35. The summed E-state index contributed by atoms with van der Waals surface area (Å²) in [5.41, 5.74) is 5.54. The highest BCUT2D eigenvalue weighted by Gasteiger charge is 2.38. The Bertz CT molecular complexity index is 305. The fourth-order valence-corrected chi connectivity index (χ4v) is 1.23. The minimum atomic E-state index is -5.08. The number of rotatable bonds is 2. The molecule has 0 aromatic rings. The zero-order chi connectivity index (χ0) is 14.5. The molecule has 1 fully saturated rings. The van der Waals surface area contributed by atoms with Crippen molar-refractivity contribution in [3.8, 4) is 0 Å². The lowest BCUT2D eigenvalue weighted by Crippen LogP contribution is -2.32. The number of nitrogens with two attached hydrogens (primary N) is 1. The topological polar surface area (TPSA) is 110 Å². The summed E-state index contributed by atoms with van der Waals surface area (Å²) in [6.07, 6.45) is -4.45. The molecule has 3 atom stereocenters. The number of alkyl halides is 3. The van der Waals surface area contributed by atoms with Crippen molar-refractivity contribution in [3.05, 3.63) is 0 Å². The second kappa shape index (κ2) is 6.55. The Kier molecular flexibility index (Phi) is 6.06. The van der Waals surface area contributed by atoms with Gasteiger partial charge in [0.2, 0.25) is 0 Å². The first-order valence-electron chi connectivity index (χ1n) is 4.99. The van der Waals surface area contributed by atoms with E-state index in [0.29, 0.717) is 6.42 Å². The van der Waals surface area contributed by atoms with E-state index in [0.717, 1.165) is 6.42 Å². The van der Waals surface area contributed by atoms with E-state index in [1.807, 2.05) is 6.92 Å². The van der Waals surface area contributed by atoms with E-state index in [1.165, 1.54) is 0 Å². The van der Waals surface area contributed by atoms with Gasteiger partial charge >= 0.3 is 18.1 Å². The number of carbonyl (C=O) groups is 2. The van der Waals surface area contributed by atoms with E-state index in [2.05, 4.69) is 0 Å². The van der Waals surface area contributed by atoms with Gasteiger partial charge in [-0.15, -0.1) is 0 Å². The Morgan fingerprint density at radius 1 is 1.33 bits per heavy atom. The maximum Gasteiger partial charge on any atom is 0.490 e. The first-order chi connectivity index (χ1) is 8.05. The highest BCUT2D eigenvalue weighted by atomic mass is 19.4. The largest absolute Gasteiger partial charge is 0.490 e. The monoisotopic (exact) mass is 273 g/mol. The maximum absolute atomic E-state index is 10.6. The fourth-order valence-electron chi connectivity index (χ4n) is 1.23. The molecule has 1 aliphatic rings. The Labute approximate surface area is 101 Å². The predicted octanol–water partition coefficient (Wildman–Crippen LogP) is 0.599. The van der Waals surface area contributed by atoms with Crippen LogP contribution < -0.4 is 5.73 Å². The van der Waals surface area contributed by atoms with E-state index in [4.69, 9.17) is 25.5 Å². The summed E-state index contributed by atoms with van der Waals surface area (Å²) in [5, 5.41) is 15.7. The highest BCUT2D eigenvalue weighted by Crippen LogP contribution is 2.21. The molecule has 0 aliphatic carbocycles. The first kappa shape index (κ1) is 16.6. The van der Waals surface area contributed by atoms with E-state index in [-0.39, 0.29) is 12.1 Å². The molecule has 0 radical (unpaired) electrons. The maximum atomic E-state index is 10.6. The van der Waals surface area contributed by atoms with Crippen LogP contribution in [0, 0.1) is 0 Å². The average Bonchev–Trinajstić information content (AvgIpc) is 2.65. The quantitative estimate of drug-likeness (QED) is 0.679. The van der Waals surface area contributed by atoms with Gasteiger partial charge in [-0.2, -0.15) is 13.2 Å². The molecule has 0 unspecified atom stereocenters. The highest BCUT2D eigenvalue weighted by molar-refractivity contribution is 5.73. The SMILES string of the molecule is C[C@H](N)[C@@H]1CC[C@H](C(=O)O)O1.O=C(O)C(F)(F)F. The third-order valence-corrected chi connectivity index (χ3v) is 2.16. The summed E-state index contributed by atoms with van der Waals surface area (Å²) in [6.45, 7) is 1.83. The van der Waals surface area contributed by atoms with Crippen molar-refractivity contribution < 1.29 is 37.7 Å². The first-order valence-corrected chi connectivity index (χ1v) is 4.99. The molecule has 1 aliphatic heterocycles. The number of carboxylic acid groups (broad SMARTS) is 2. The van der Waals surface area contributed by atoms with Crippen LogP contribution in [0.3, 0.4) is 0 Å². The van der Waals surface area contributed by atoms with Crippen LogP contribution >= 0.6 is 0 Å². The molecular formula is C9H14F3NO5. The van der Waals surface area contributed by atoms with Crippen LogP contribution in [-0.2, 0) is 14.3 Å². The van der Waals surface area contributed by atoms with Crippen LogP contribution in [0.5, 0.6) is 0 Å². The normalized spacial score (nSPS) is 24.9. The van der Waals surface area contributed by atoms with E-state index < -0.39 is 24.2 Å². The average molecular weight is 273 g/mol. The van der Waals surface area contributed by atoms with Gasteiger partial charge in [-0.05, 0) is 19.8 Å². The Morgan fingerprint density at radius 3 is 1.94 bits per heavy atom. The Morgan fingerprint density at radius 2 is 1.78 bits per heavy atom. The predicted molar refractivity (Wildman–Crippen MR) is 52.9 cm³/mol. The Balaban J connectivity index is 0.000000360. The van der Waals surface area contributed by atoms with Gasteiger partial charge in [0.05, 0.1) is 6.10 Å². The lowest BCUT2D eigenvalue weighted by molar-refractivity contribution is -0.192. The molecule has 18 heavy (non-hydrogen) atoms. The standard InChI is InChI=1S/C7H13NO3.C2HF3O2/c1-4(8)5-2-3-6(11-5)7(9)10;3-2(4,5)1(6)7/h4-6H,2-3,8H2,1H3,(H,9,10);(H,6,7)/t4-,5-,6+;/m0./s1. The van der Waals surface area contributed by atoms with Gasteiger partial charge in [-0.1, -0.05) is 0 Å². The summed E-state index contributed by atoms with van der Waals surface area (Å²) in [7, 11) is 0. The number of halogens is 3. The number of carboxylic acids is 2. The molecule has 1 heterocycles. The summed E-state index contributed by atoms with van der Waals surface area (Å²) < 4.78 is 36.9. The van der Waals surface area contributed by atoms with Crippen LogP contribution in [-0.4, -0.2) is 46.6 Å². The van der Waals surface area contributed by atoms with Crippen LogP contribution in [0.4, 0.5) is 13.2 Å². The van der Waals surface area contributed by atoms with E-state index >= 15 is 0 Å². The van der Waals surface area contributed by atoms with Crippen molar-refractivity contribution in [2.45, 2.75) is 44.2 Å². The van der Waals surface area contributed by atoms with Gasteiger partial charge in [0.25, 0.3) is 0 Å². The van der Waals surface area contributed by atoms with E-state index in [1.54, 1.807) is 0 Å². The molecular weight excluding hydrogens is 259 g/mol. The van der Waals surface area contributed by atoms with Gasteiger partial charge in [-0.3, -0.25) is 0 Å². The van der Waals surface area contributed by atoms with Crippen molar-refractivity contribution in [2.24, 2.45) is 5.73 Å². The van der Waals surface area contributed by atoms with Crippen molar-refractivity contribution >= 4 is 11.9 Å². The molecule has 0 saturated carbocycles. The van der Waals surface area contributed by atoms with Crippen molar-refractivity contribution in [1.82, 2.24) is 0 Å². The molecule has 0 aromatic heterocycles. The summed E-state index contributed by atoms with van der Waals surface area (Å²) in [5.74, 6) is -3.64. The van der Waals surface area contributed by atoms with Gasteiger partial charge in [-0.25, -0.2) is 9.59 Å². The smallest absolute Gasteiger partial charge is 0.479 e. The van der Waals surface area contributed by atoms with Crippen molar-refractivity contribution in [2.75, 3.05) is 0 Å². The minimum absolute atomic E-state index is 0.0700. The van der Waals surface area contributed by atoms with Crippen molar-refractivity contribution in [3.63, 3.8) is 0 Å². The van der Waals surface area contributed by atoms with E-state index in [9.17, 15) is 18.0 Å². The van der Waals surface area contributed by atoms with Crippen molar-refractivity contribution in [1.29, 1.82) is 0 Å². The van der Waals surface area contributed by atoms with Crippen LogP contribution in [0.2, 0.25) is 0 Å². The summed E-state index contributed by atoms with van der Waals surface area (Å²) in [6, 6.07) is -0.0700. The van der Waals surface area contributed by atoms with Crippen LogP contribution in [0.1, 0.15) is 19.8 Å². The van der Waals surface area contributed by atoms with Crippen LogP contribution in [0.25, 0.3) is 0 Å². The molecule has 1 saturated heterocycles. The lowest BCUT2D eigenvalue weighted by atomic mass is 10.1.